The van der Waals surface area contributed by atoms with Crippen molar-refractivity contribution in [3.63, 3.8) is 0 Å². The Labute approximate surface area is 220 Å². The van der Waals surface area contributed by atoms with Crippen LogP contribution in [0.5, 0.6) is 0 Å². The Hall–Kier alpha value is -1.72. The summed E-state index contributed by atoms with van der Waals surface area (Å²) < 4.78 is 175. The monoisotopic (exact) mass is 634 g/mol. The summed E-state index contributed by atoms with van der Waals surface area (Å²) in [7, 11) is -14.1. The van der Waals surface area contributed by atoms with Crippen molar-refractivity contribution in [2.75, 3.05) is 17.3 Å². The molecule has 1 heterocycles. The number of unbranched alkanes of at least 4 members (excludes halogenated alkanes) is 1. The third-order valence-electron chi connectivity index (χ3n) is 6.19. The van der Waals surface area contributed by atoms with E-state index >= 15 is 0 Å². The van der Waals surface area contributed by atoms with Gasteiger partial charge in [0.25, 0.3) is 0 Å². The number of hydrogen-bond donors (Lipinski definition) is 0. The molecule has 1 aliphatic rings. The lowest BCUT2D eigenvalue weighted by Gasteiger charge is -2.38. The van der Waals surface area contributed by atoms with Gasteiger partial charge in [-0.1, -0.05) is 35.8 Å². The molecule has 0 N–H and O–H groups in total. The Kier molecular flexibility index (Phi) is 8.38. The summed E-state index contributed by atoms with van der Waals surface area (Å²) in [4.78, 5) is -0.0789. The van der Waals surface area contributed by atoms with Crippen molar-refractivity contribution < 1.29 is 60.0 Å². The van der Waals surface area contributed by atoms with Crippen molar-refractivity contribution in [1.29, 1.82) is 0 Å². The number of benzene rings is 2. The highest BCUT2D eigenvalue weighted by molar-refractivity contribution is 8.33. The summed E-state index contributed by atoms with van der Waals surface area (Å²) in [5.74, 6) is -15.5. The van der Waals surface area contributed by atoms with Crippen molar-refractivity contribution in [1.82, 2.24) is 0 Å². The predicted molar refractivity (Wildman–Crippen MR) is 127 cm³/mol. The molecule has 0 atom stereocenters. The lowest BCUT2D eigenvalue weighted by atomic mass is 10.1. The van der Waals surface area contributed by atoms with Gasteiger partial charge in [-0.3, -0.25) is 0 Å². The van der Waals surface area contributed by atoms with Crippen LogP contribution in [0.1, 0.15) is 32.6 Å². The highest BCUT2D eigenvalue weighted by Gasteiger charge is 2.86. The quantitative estimate of drug-likeness (QED) is 0.262. The normalized spacial score (nSPS) is 18.4. The SMILES string of the molecule is CCCCS(=O)(=O)c1ccc2cc(S3(OS(=O)(=O)C(F)(F)C(F)(F)C(F)(F)C(F)(F)F)CCCC3)ccc2c1. The molecule has 1 fully saturated rings. The second-order valence-corrected chi connectivity index (χ2v) is 15.9. The zero-order valence-corrected chi connectivity index (χ0v) is 22.5. The van der Waals surface area contributed by atoms with E-state index in [2.05, 4.69) is 3.63 Å². The molecule has 0 aliphatic carbocycles. The second kappa shape index (κ2) is 10.3. The van der Waals surface area contributed by atoms with E-state index in [9.17, 15) is 56.3 Å². The minimum absolute atomic E-state index is 0.00887. The number of fused-ring (bicyclic) bond motifs is 1. The van der Waals surface area contributed by atoms with Crippen LogP contribution in [0.3, 0.4) is 0 Å². The van der Waals surface area contributed by atoms with E-state index in [1.165, 1.54) is 36.4 Å². The molecule has 0 aromatic heterocycles. The third-order valence-corrected chi connectivity index (χ3v) is 13.6. The maximum Gasteiger partial charge on any atom is 0.460 e. The molecule has 0 bridgehead atoms. The molecule has 0 spiro atoms. The number of halogens is 9. The van der Waals surface area contributed by atoms with Crippen molar-refractivity contribution in [3.8, 4) is 0 Å². The Balaban J connectivity index is 2.03. The van der Waals surface area contributed by atoms with Gasteiger partial charge in [-0.25, -0.2) is 12.0 Å². The Morgan fingerprint density at radius 3 is 1.87 bits per heavy atom. The van der Waals surface area contributed by atoms with Crippen molar-refractivity contribution in [2.45, 2.75) is 65.7 Å². The molecule has 39 heavy (non-hydrogen) atoms. The fourth-order valence-electron chi connectivity index (χ4n) is 3.93. The van der Waals surface area contributed by atoms with Crippen LogP contribution in [0.15, 0.2) is 46.2 Å². The van der Waals surface area contributed by atoms with E-state index in [4.69, 9.17) is 0 Å². The number of alkyl halides is 9. The summed E-state index contributed by atoms with van der Waals surface area (Å²) in [6, 6.07) is 7.71. The lowest BCUT2D eigenvalue weighted by Crippen LogP contribution is -2.63. The van der Waals surface area contributed by atoms with Gasteiger partial charge in [-0.2, -0.15) is 47.9 Å². The average molecular weight is 635 g/mol. The fraction of sp³-hybridized carbons (Fsp3) is 0.545. The lowest BCUT2D eigenvalue weighted by molar-refractivity contribution is -0.382. The van der Waals surface area contributed by atoms with Crippen LogP contribution >= 0.6 is 10.3 Å². The maximum absolute atomic E-state index is 14.4. The molecule has 3 rings (SSSR count). The summed E-state index contributed by atoms with van der Waals surface area (Å²) in [6.45, 7) is 1.81. The smallest absolute Gasteiger partial charge is 0.224 e. The van der Waals surface area contributed by atoms with Gasteiger partial charge in [-0.15, -0.1) is 0 Å². The van der Waals surface area contributed by atoms with Gasteiger partial charge < -0.3 is 0 Å². The maximum atomic E-state index is 14.4. The largest absolute Gasteiger partial charge is 0.460 e. The molecule has 1 saturated heterocycles. The van der Waals surface area contributed by atoms with Gasteiger partial charge >= 0.3 is 33.4 Å². The molecule has 0 amide bonds. The van der Waals surface area contributed by atoms with Crippen LogP contribution in [0.25, 0.3) is 10.8 Å². The third kappa shape index (κ3) is 5.47. The second-order valence-electron chi connectivity index (χ2n) is 8.96. The Morgan fingerprint density at radius 2 is 1.33 bits per heavy atom. The molecule has 0 unspecified atom stereocenters. The highest BCUT2D eigenvalue weighted by Crippen LogP contribution is 2.65. The zero-order valence-electron chi connectivity index (χ0n) is 20.1. The minimum Gasteiger partial charge on any atom is -0.224 e. The van der Waals surface area contributed by atoms with Gasteiger partial charge in [-0.05, 0) is 54.3 Å². The molecule has 222 valence electrons. The molecular weight excluding hydrogens is 611 g/mol. The number of hydrogen-bond acceptors (Lipinski definition) is 5. The van der Waals surface area contributed by atoms with Crippen LogP contribution in [-0.2, 0) is 23.6 Å². The predicted octanol–water partition coefficient (Wildman–Crippen LogP) is 7.06. The molecule has 0 radical (unpaired) electrons. The Bertz CT molecular complexity index is 1430. The van der Waals surface area contributed by atoms with E-state index < -0.39 is 53.5 Å². The molecular formula is C22H23F9O5S3. The zero-order chi connectivity index (χ0) is 29.7. The van der Waals surface area contributed by atoms with Gasteiger partial charge in [0.15, 0.2) is 9.84 Å². The highest BCUT2D eigenvalue weighted by atomic mass is 32.3. The van der Waals surface area contributed by atoms with Crippen LogP contribution in [0.4, 0.5) is 39.5 Å². The molecule has 2 aromatic rings. The molecule has 2 aromatic carbocycles. The van der Waals surface area contributed by atoms with Crippen molar-refractivity contribution in [2.24, 2.45) is 0 Å². The Morgan fingerprint density at radius 1 is 0.795 bits per heavy atom. The number of sulfone groups is 1. The fourth-order valence-corrected chi connectivity index (χ4v) is 11.1. The molecule has 1 aliphatic heterocycles. The first-order valence-corrected chi connectivity index (χ1v) is 16.3. The summed E-state index contributed by atoms with van der Waals surface area (Å²) in [5.41, 5.74) is 0. The average Bonchev–Trinajstić information content (AvgIpc) is 3.30. The van der Waals surface area contributed by atoms with Gasteiger partial charge in [0.2, 0.25) is 0 Å². The van der Waals surface area contributed by atoms with Gasteiger partial charge in [0.1, 0.15) is 0 Å². The van der Waals surface area contributed by atoms with Gasteiger partial charge in [0.05, 0.1) is 10.6 Å². The minimum atomic E-state index is -7.39. The van der Waals surface area contributed by atoms with Crippen LogP contribution < -0.4 is 0 Å². The van der Waals surface area contributed by atoms with Crippen molar-refractivity contribution >= 4 is 41.0 Å². The first kappa shape index (κ1) is 31.8. The first-order chi connectivity index (χ1) is 17.7. The summed E-state index contributed by atoms with van der Waals surface area (Å²) in [6.07, 6.45) is -5.82. The first-order valence-electron chi connectivity index (χ1n) is 11.4. The van der Waals surface area contributed by atoms with Crippen LogP contribution in [0, 0.1) is 0 Å². The number of rotatable bonds is 10. The summed E-state index contributed by atoms with van der Waals surface area (Å²) in [5, 5.41) is -6.31. The van der Waals surface area contributed by atoms with Gasteiger partial charge in [0, 0.05) is 16.4 Å². The topological polar surface area (TPSA) is 77.5 Å². The standard InChI is InChI=1S/C22H23F9O5S3/c1-2-3-12-38(32,33)18-9-7-15-13-17(8-6-16(15)14-18)37(10-4-5-11-37)36-39(34,35)22(30,31)20(25,26)19(23,24)21(27,28)29/h6-9,13-14H,2-5,10-12H2,1H3. The molecule has 5 nitrogen and oxygen atoms in total. The van der Waals surface area contributed by atoms with E-state index in [1.807, 2.05) is 0 Å². The van der Waals surface area contributed by atoms with E-state index in [-0.39, 0.29) is 39.9 Å². The van der Waals surface area contributed by atoms with Crippen molar-refractivity contribution in [3.05, 3.63) is 36.4 Å². The molecule has 17 heteroatoms. The van der Waals surface area contributed by atoms with Crippen LogP contribution in [-0.4, -0.2) is 57.4 Å². The molecule has 0 saturated carbocycles. The van der Waals surface area contributed by atoms with E-state index in [0.29, 0.717) is 23.6 Å². The summed E-state index contributed by atoms with van der Waals surface area (Å²) >= 11 is 0. The van der Waals surface area contributed by atoms with E-state index in [0.717, 1.165) is 0 Å². The van der Waals surface area contributed by atoms with Crippen LogP contribution in [0.2, 0.25) is 0 Å². The van der Waals surface area contributed by atoms with E-state index in [1.54, 1.807) is 6.92 Å².